The van der Waals surface area contributed by atoms with Gasteiger partial charge in [0, 0.05) is 43.7 Å². The monoisotopic (exact) mass is 395 g/mol. The van der Waals surface area contributed by atoms with Gasteiger partial charge in [0.15, 0.2) is 0 Å². The third kappa shape index (κ3) is 3.58. The van der Waals surface area contributed by atoms with Gasteiger partial charge in [-0.05, 0) is 63.0 Å². The minimum atomic E-state index is -0.0280. The molecule has 1 N–H and O–H groups in total. The summed E-state index contributed by atoms with van der Waals surface area (Å²) >= 11 is 0. The summed E-state index contributed by atoms with van der Waals surface area (Å²) in [5.74, 6) is 1.37. The Morgan fingerprint density at radius 2 is 1.83 bits per heavy atom. The lowest BCUT2D eigenvalue weighted by Gasteiger charge is -2.58. The summed E-state index contributed by atoms with van der Waals surface area (Å²) in [6, 6.07) is 8.99. The summed E-state index contributed by atoms with van der Waals surface area (Å²) in [5.41, 5.74) is 1.85. The minimum absolute atomic E-state index is 0.0280. The van der Waals surface area contributed by atoms with E-state index in [4.69, 9.17) is 0 Å². The molecule has 3 aliphatic heterocycles. The molecular weight excluding hydrogens is 362 g/mol. The second-order valence-electron chi connectivity index (χ2n) is 9.70. The molecule has 4 aliphatic rings. The number of piperidine rings is 3. The molecular formula is C24H33N3O2. The number of rotatable bonds is 4. The number of aryl methyl sites for hydroxylation is 1. The van der Waals surface area contributed by atoms with E-state index in [0.717, 1.165) is 37.5 Å². The van der Waals surface area contributed by atoms with Gasteiger partial charge in [-0.2, -0.15) is 0 Å². The quantitative estimate of drug-likeness (QED) is 0.853. The van der Waals surface area contributed by atoms with Crippen LogP contribution in [0.2, 0.25) is 0 Å². The summed E-state index contributed by atoms with van der Waals surface area (Å²) < 4.78 is 0. The Bertz CT molecular complexity index is 773. The van der Waals surface area contributed by atoms with Gasteiger partial charge in [-0.1, -0.05) is 24.1 Å². The third-order valence-electron chi connectivity index (χ3n) is 7.90. The molecule has 5 heteroatoms. The summed E-state index contributed by atoms with van der Waals surface area (Å²) in [5, 5.41) is 3.17. The van der Waals surface area contributed by atoms with Crippen LogP contribution in [0.5, 0.6) is 0 Å². The van der Waals surface area contributed by atoms with Crippen LogP contribution in [0.15, 0.2) is 24.3 Å². The Balaban J connectivity index is 1.33. The fraction of sp³-hybridized carbons (Fsp3) is 0.667. The Morgan fingerprint density at radius 3 is 2.55 bits per heavy atom. The second-order valence-corrected chi connectivity index (χ2v) is 9.70. The summed E-state index contributed by atoms with van der Waals surface area (Å²) in [6.45, 7) is 4.85. The molecule has 0 aromatic heterocycles. The van der Waals surface area contributed by atoms with Crippen LogP contribution in [0.25, 0.3) is 0 Å². The number of hydrogen-bond donors (Lipinski definition) is 1. The second kappa shape index (κ2) is 7.75. The first-order valence-electron chi connectivity index (χ1n) is 11.5. The predicted octanol–water partition coefficient (Wildman–Crippen LogP) is 2.98. The first-order chi connectivity index (χ1) is 14.1. The molecule has 1 saturated carbocycles. The summed E-state index contributed by atoms with van der Waals surface area (Å²) in [6.07, 6.45) is 8.06. The molecule has 1 aliphatic carbocycles. The van der Waals surface area contributed by atoms with Gasteiger partial charge in [-0.3, -0.25) is 14.5 Å². The van der Waals surface area contributed by atoms with Crippen LogP contribution in [0, 0.1) is 18.8 Å². The van der Waals surface area contributed by atoms with Gasteiger partial charge in [-0.15, -0.1) is 0 Å². The predicted molar refractivity (Wildman–Crippen MR) is 113 cm³/mol. The lowest BCUT2D eigenvalue weighted by atomic mass is 9.71. The molecule has 3 heterocycles. The van der Waals surface area contributed by atoms with E-state index in [2.05, 4.69) is 15.1 Å². The van der Waals surface area contributed by atoms with Crippen molar-refractivity contribution in [3.8, 4) is 0 Å². The number of amides is 2. The number of nitrogens with zero attached hydrogens (tertiary/aromatic N) is 2. The maximum Gasteiger partial charge on any atom is 0.251 e. The number of hydrogen-bond acceptors (Lipinski definition) is 3. The van der Waals surface area contributed by atoms with E-state index in [0.29, 0.717) is 42.3 Å². The van der Waals surface area contributed by atoms with Crippen LogP contribution in [0.1, 0.15) is 60.9 Å². The van der Waals surface area contributed by atoms with Crippen LogP contribution in [-0.4, -0.2) is 59.4 Å². The topological polar surface area (TPSA) is 52.7 Å². The molecule has 1 aromatic rings. The van der Waals surface area contributed by atoms with Gasteiger partial charge in [0.25, 0.3) is 5.91 Å². The first-order valence-corrected chi connectivity index (χ1v) is 11.5. The maximum absolute atomic E-state index is 12.9. The smallest absolute Gasteiger partial charge is 0.251 e. The van der Waals surface area contributed by atoms with Crippen molar-refractivity contribution in [2.24, 2.45) is 11.8 Å². The molecule has 5 nitrogen and oxygen atoms in total. The van der Waals surface area contributed by atoms with E-state index in [9.17, 15) is 9.59 Å². The van der Waals surface area contributed by atoms with Crippen molar-refractivity contribution < 1.29 is 9.59 Å². The summed E-state index contributed by atoms with van der Waals surface area (Å²) in [4.78, 5) is 30.5. The molecule has 0 radical (unpaired) electrons. The lowest BCUT2D eigenvalue weighted by molar-refractivity contribution is -0.154. The van der Waals surface area contributed by atoms with Crippen LogP contribution < -0.4 is 5.32 Å². The number of benzene rings is 1. The van der Waals surface area contributed by atoms with Crippen molar-refractivity contribution in [3.05, 3.63) is 35.4 Å². The van der Waals surface area contributed by atoms with Crippen molar-refractivity contribution in [1.82, 2.24) is 15.1 Å². The van der Waals surface area contributed by atoms with E-state index in [1.165, 1.54) is 25.7 Å². The van der Waals surface area contributed by atoms with Gasteiger partial charge in [0.1, 0.15) is 0 Å². The van der Waals surface area contributed by atoms with Crippen LogP contribution in [0.3, 0.4) is 0 Å². The van der Waals surface area contributed by atoms with Crippen molar-refractivity contribution in [3.63, 3.8) is 0 Å². The van der Waals surface area contributed by atoms with Gasteiger partial charge in [0.2, 0.25) is 5.91 Å². The fourth-order valence-corrected chi connectivity index (χ4v) is 6.13. The molecule has 29 heavy (non-hydrogen) atoms. The Hall–Kier alpha value is -1.88. The van der Waals surface area contributed by atoms with Crippen molar-refractivity contribution >= 4 is 11.8 Å². The van der Waals surface area contributed by atoms with Gasteiger partial charge >= 0.3 is 0 Å². The SMILES string of the molecule is Cc1ccc(C(=O)NC[C@H]2[C@H]3C[C@H](CN(C4CCC4)C3)[C@@H]3CCCC(=O)N32)cc1. The highest BCUT2D eigenvalue weighted by Gasteiger charge is 2.50. The van der Waals surface area contributed by atoms with Gasteiger partial charge in [-0.25, -0.2) is 0 Å². The fourth-order valence-electron chi connectivity index (χ4n) is 6.13. The minimum Gasteiger partial charge on any atom is -0.350 e. The molecule has 2 amide bonds. The maximum atomic E-state index is 12.9. The molecule has 4 fully saturated rings. The molecule has 1 aromatic carbocycles. The van der Waals surface area contributed by atoms with E-state index in [-0.39, 0.29) is 11.9 Å². The Kier molecular flexibility index (Phi) is 5.10. The summed E-state index contributed by atoms with van der Waals surface area (Å²) in [7, 11) is 0. The van der Waals surface area contributed by atoms with E-state index >= 15 is 0 Å². The van der Waals surface area contributed by atoms with E-state index in [1.54, 1.807) is 0 Å². The normalized spacial score (nSPS) is 32.4. The average molecular weight is 396 g/mol. The largest absolute Gasteiger partial charge is 0.350 e. The Morgan fingerprint density at radius 1 is 1.07 bits per heavy atom. The highest BCUT2D eigenvalue weighted by Crippen LogP contribution is 2.43. The Labute approximate surface area is 173 Å². The molecule has 4 atom stereocenters. The lowest BCUT2D eigenvalue weighted by Crippen LogP contribution is -2.68. The number of nitrogens with one attached hydrogen (secondary N) is 1. The van der Waals surface area contributed by atoms with Crippen LogP contribution >= 0.6 is 0 Å². The molecule has 0 spiro atoms. The van der Waals surface area contributed by atoms with Crippen molar-refractivity contribution in [1.29, 1.82) is 0 Å². The zero-order valence-corrected chi connectivity index (χ0v) is 17.5. The number of carbonyl (C=O) groups is 2. The highest BCUT2D eigenvalue weighted by molar-refractivity contribution is 5.94. The zero-order chi connectivity index (χ0) is 20.0. The van der Waals surface area contributed by atoms with E-state index in [1.807, 2.05) is 31.2 Å². The van der Waals surface area contributed by atoms with Gasteiger partial charge < -0.3 is 10.2 Å². The van der Waals surface area contributed by atoms with Crippen LogP contribution in [-0.2, 0) is 4.79 Å². The molecule has 156 valence electrons. The molecule has 5 rings (SSSR count). The molecule has 3 saturated heterocycles. The first kappa shape index (κ1) is 19.1. The van der Waals surface area contributed by atoms with Crippen LogP contribution in [0.4, 0.5) is 0 Å². The molecule has 0 unspecified atom stereocenters. The zero-order valence-electron chi connectivity index (χ0n) is 17.5. The number of carbonyl (C=O) groups excluding carboxylic acids is 2. The van der Waals surface area contributed by atoms with Gasteiger partial charge in [0.05, 0.1) is 6.04 Å². The molecule has 2 bridgehead atoms. The standard InChI is InChI=1S/C24H33N3O2/c1-16-8-10-17(11-9-16)24(29)25-13-22-19-12-18(14-26(15-19)20-4-2-5-20)21-6-3-7-23(28)27(21)22/h8-11,18-22H,2-7,12-15H2,1H3,(H,25,29)/t18-,19+,21+,22+/m1/s1. The highest BCUT2D eigenvalue weighted by atomic mass is 16.2. The average Bonchev–Trinajstić information content (AvgIpc) is 2.67. The number of likely N-dealkylation sites (tertiary alicyclic amines) is 1. The van der Waals surface area contributed by atoms with Crippen molar-refractivity contribution in [2.75, 3.05) is 19.6 Å². The number of fused-ring (bicyclic) bond motifs is 4. The van der Waals surface area contributed by atoms with Crippen molar-refractivity contribution in [2.45, 2.75) is 70.0 Å². The third-order valence-corrected chi connectivity index (χ3v) is 7.90. The van der Waals surface area contributed by atoms with E-state index < -0.39 is 0 Å².